The van der Waals surface area contributed by atoms with Gasteiger partial charge in [0.05, 0.1) is 11.7 Å². The van der Waals surface area contributed by atoms with Crippen LogP contribution in [0.5, 0.6) is 0 Å². The summed E-state index contributed by atoms with van der Waals surface area (Å²) in [5.74, 6) is 0.847. The minimum absolute atomic E-state index is 0.297. The molecule has 0 aromatic carbocycles. The minimum atomic E-state index is 0.297. The van der Waals surface area contributed by atoms with Gasteiger partial charge in [-0.15, -0.1) is 11.6 Å². The molecule has 3 fully saturated rings. The largest absolute Gasteiger partial charge is 0.372 e. The Bertz CT molecular complexity index is 253. The van der Waals surface area contributed by atoms with Gasteiger partial charge in [-0.3, -0.25) is 0 Å². The monoisotopic (exact) mass is 242 g/mol. The van der Waals surface area contributed by atoms with Crippen molar-refractivity contribution in [1.29, 1.82) is 0 Å². The highest BCUT2D eigenvalue weighted by Gasteiger charge is 2.48. The summed E-state index contributed by atoms with van der Waals surface area (Å²) in [7, 11) is 0. The Balaban J connectivity index is 1.56. The minimum Gasteiger partial charge on any atom is -0.372 e. The molecule has 0 amide bonds. The molecular weight excluding hydrogens is 220 g/mol. The molecule has 16 heavy (non-hydrogen) atoms. The van der Waals surface area contributed by atoms with Crippen molar-refractivity contribution in [1.82, 2.24) is 0 Å². The Labute approximate surface area is 104 Å². The zero-order chi connectivity index (χ0) is 11.1. The lowest BCUT2D eigenvalue weighted by atomic mass is 9.83. The summed E-state index contributed by atoms with van der Waals surface area (Å²) in [5.41, 5.74) is 0.776. The number of ether oxygens (including phenoxy) is 1. The van der Waals surface area contributed by atoms with Crippen LogP contribution < -0.4 is 0 Å². The molecule has 1 saturated heterocycles. The Hall–Kier alpha value is 0.250. The van der Waals surface area contributed by atoms with Crippen molar-refractivity contribution in [2.75, 3.05) is 5.88 Å². The van der Waals surface area contributed by atoms with Gasteiger partial charge in [0.1, 0.15) is 0 Å². The van der Waals surface area contributed by atoms with Gasteiger partial charge in [0, 0.05) is 5.88 Å². The van der Waals surface area contributed by atoms with Crippen LogP contribution in [-0.2, 0) is 4.74 Å². The molecule has 1 nitrogen and oxygen atoms in total. The number of hydrogen-bond acceptors (Lipinski definition) is 1. The van der Waals surface area contributed by atoms with Crippen LogP contribution in [0.2, 0.25) is 0 Å². The Morgan fingerprint density at radius 3 is 2.38 bits per heavy atom. The molecule has 1 unspecified atom stereocenters. The number of halogens is 1. The fourth-order valence-electron chi connectivity index (χ4n) is 3.66. The van der Waals surface area contributed by atoms with Crippen molar-refractivity contribution in [2.45, 2.75) is 75.9 Å². The van der Waals surface area contributed by atoms with E-state index in [1.54, 1.807) is 0 Å². The fourth-order valence-corrected chi connectivity index (χ4v) is 4.03. The number of rotatable bonds is 3. The molecule has 0 radical (unpaired) electrons. The van der Waals surface area contributed by atoms with E-state index in [1.807, 2.05) is 0 Å². The zero-order valence-electron chi connectivity index (χ0n) is 10.1. The van der Waals surface area contributed by atoms with Gasteiger partial charge < -0.3 is 4.74 Å². The van der Waals surface area contributed by atoms with Crippen molar-refractivity contribution >= 4 is 11.6 Å². The third-order valence-electron chi connectivity index (χ3n) is 5.00. The van der Waals surface area contributed by atoms with Crippen molar-refractivity contribution < 1.29 is 4.74 Å². The van der Waals surface area contributed by atoms with Gasteiger partial charge in [0.2, 0.25) is 0 Å². The summed E-state index contributed by atoms with van der Waals surface area (Å²) in [4.78, 5) is 0. The lowest BCUT2D eigenvalue weighted by Gasteiger charge is -2.33. The van der Waals surface area contributed by atoms with E-state index in [4.69, 9.17) is 16.3 Å². The molecule has 0 aromatic heterocycles. The summed E-state index contributed by atoms with van der Waals surface area (Å²) in [6.07, 6.45) is 13.9. The van der Waals surface area contributed by atoms with Crippen LogP contribution in [0.3, 0.4) is 0 Å². The molecule has 2 aliphatic carbocycles. The second-order valence-corrected chi connectivity index (χ2v) is 6.63. The van der Waals surface area contributed by atoms with Gasteiger partial charge in [-0.1, -0.05) is 19.3 Å². The highest BCUT2D eigenvalue weighted by Crippen LogP contribution is 2.53. The first-order valence-electron chi connectivity index (χ1n) is 7.00. The molecule has 2 heteroatoms. The molecule has 0 bridgehead atoms. The van der Waals surface area contributed by atoms with E-state index < -0.39 is 0 Å². The second-order valence-electron chi connectivity index (χ2n) is 6.36. The number of alkyl halides is 1. The average molecular weight is 243 g/mol. The highest BCUT2D eigenvalue weighted by atomic mass is 35.5. The number of hydrogen-bond donors (Lipinski definition) is 0. The van der Waals surface area contributed by atoms with Crippen molar-refractivity contribution in [3.8, 4) is 0 Å². The maximum absolute atomic E-state index is 6.41. The molecule has 3 aliphatic rings. The molecule has 1 atom stereocenters. The molecule has 0 N–H and O–H groups in total. The molecular formula is C14H23ClO. The summed E-state index contributed by atoms with van der Waals surface area (Å²) in [5, 5.41) is 0. The summed E-state index contributed by atoms with van der Waals surface area (Å²) in [6, 6.07) is 0. The summed E-state index contributed by atoms with van der Waals surface area (Å²) >= 11 is 6.06. The molecule has 1 spiro atoms. The van der Waals surface area contributed by atoms with Gasteiger partial charge >= 0.3 is 0 Å². The van der Waals surface area contributed by atoms with Crippen LogP contribution in [-0.4, -0.2) is 17.6 Å². The summed E-state index contributed by atoms with van der Waals surface area (Å²) < 4.78 is 6.41. The molecule has 1 aliphatic heterocycles. The smallest absolute Gasteiger partial charge is 0.0687 e. The molecule has 3 rings (SSSR count). The maximum atomic E-state index is 6.41. The van der Waals surface area contributed by atoms with E-state index in [-0.39, 0.29) is 0 Å². The predicted molar refractivity (Wildman–Crippen MR) is 66.9 cm³/mol. The average Bonchev–Trinajstić information content (AvgIpc) is 2.99. The highest BCUT2D eigenvalue weighted by molar-refractivity contribution is 6.18. The van der Waals surface area contributed by atoms with Crippen LogP contribution in [0, 0.1) is 5.41 Å². The van der Waals surface area contributed by atoms with E-state index >= 15 is 0 Å². The van der Waals surface area contributed by atoms with E-state index in [0.717, 1.165) is 5.88 Å². The first-order chi connectivity index (χ1) is 7.76. The van der Waals surface area contributed by atoms with Gasteiger partial charge in [-0.2, -0.15) is 0 Å². The molecule has 1 heterocycles. The summed E-state index contributed by atoms with van der Waals surface area (Å²) in [6.45, 7) is 0. The standard InChI is InChI=1S/C14H23ClO/c15-11-13(8-9-13)10-12-4-7-14(16-12)5-2-1-3-6-14/h12H,1-11H2. The first-order valence-corrected chi connectivity index (χ1v) is 7.53. The zero-order valence-corrected chi connectivity index (χ0v) is 10.9. The van der Waals surface area contributed by atoms with E-state index in [9.17, 15) is 0 Å². The SMILES string of the molecule is ClCC1(CC2CCC3(CCCCC3)O2)CC1. The molecule has 0 aromatic rings. The van der Waals surface area contributed by atoms with Gasteiger partial charge in [-0.25, -0.2) is 0 Å². The quantitative estimate of drug-likeness (QED) is 0.672. The maximum Gasteiger partial charge on any atom is 0.0687 e. The van der Waals surface area contributed by atoms with Crippen molar-refractivity contribution in [3.63, 3.8) is 0 Å². The topological polar surface area (TPSA) is 9.23 Å². The Kier molecular flexibility index (Phi) is 2.96. The van der Waals surface area contributed by atoms with Gasteiger partial charge in [0.25, 0.3) is 0 Å². The Morgan fingerprint density at radius 2 is 1.75 bits per heavy atom. The van der Waals surface area contributed by atoms with E-state index in [0.29, 0.717) is 17.1 Å². The van der Waals surface area contributed by atoms with Gasteiger partial charge in [-0.05, 0) is 50.4 Å². The predicted octanol–water partition coefficient (Wildman–Crippen LogP) is 4.28. The van der Waals surface area contributed by atoms with Gasteiger partial charge in [0.15, 0.2) is 0 Å². The Morgan fingerprint density at radius 1 is 1.00 bits per heavy atom. The van der Waals surface area contributed by atoms with Crippen LogP contribution >= 0.6 is 11.6 Å². The van der Waals surface area contributed by atoms with Crippen LogP contribution in [0.1, 0.15) is 64.2 Å². The second kappa shape index (κ2) is 4.17. The van der Waals surface area contributed by atoms with E-state index in [2.05, 4.69) is 0 Å². The third kappa shape index (κ3) is 2.13. The molecule has 92 valence electrons. The van der Waals surface area contributed by atoms with Crippen molar-refractivity contribution in [2.24, 2.45) is 5.41 Å². The lowest BCUT2D eigenvalue weighted by molar-refractivity contribution is -0.0702. The normalized spacial score (nSPS) is 35.4. The lowest BCUT2D eigenvalue weighted by Crippen LogP contribution is -2.32. The fraction of sp³-hybridized carbons (Fsp3) is 1.00. The van der Waals surface area contributed by atoms with Crippen LogP contribution in [0.15, 0.2) is 0 Å². The van der Waals surface area contributed by atoms with Crippen LogP contribution in [0.25, 0.3) is 0 Å². The van der Waals surface area contributed by atoms with Crippen LogP contribution in [0.4, 0.5) is 0 Å². The molecule has 2 saturated carbocycles. The first kappa shape index (κ1) is 11.3. The van der Waals surface area contributed by atoms with E-state index in [1.165, 1.54) is 64.2 Å². The third-order valence-corrected chi connectivity index (χ3v) is 5.57. The van der Waals surface area contributed by atoms with Crippen molar-refractivity contribution in [3.05, 3.63) is 0 Å².